The molecule has 4 aromatic rings. The number of hydrogen-bond acceptors (Lipinski definition) is 5. The van der Waals surface area contributed by atoms with Crippen molar-refractivity contribution in [3.05, 3.63) is 94.9 Å². The van der Waals surface area contributed by atoms with Gasteiger partial charge >= 0.3 is 5.91 Å². The van der Waals surface area contributed by atoms with E-state index in [9.17, 15) is 9.59 Å². The number of aryl methyl sites for hydroxylation is 1. The summed E-state index contributed by atoms with van der Waals surface area (Å²) < 4.78 is 11.1. The number of aliphatic imine (C=N–C) groups is 1. The molecule has 0 spiro atoms. The highest BCUT2D eigenvalue weighted by molar-refractivity contribution is 6.30. The average Bonchev–Trinajstić information content (AvgIpc) is 3.54. The van der Waals surface area contributed by atoms with Crippen LogP contribution in [-0.2, 0) is 0 Å². The van der Waals surface area contributed by atoms with Crippen molar-refractivity contribution in [1.29, 1.82) is 5.41 Å². The molecule has 2 aromatic carbocycles. The van der Waals surface area contributed by atoms with Gasteiger partial charge in [-0.1, -0.05) is 35.9 Å². The van der Waals surface area contributed by atoms with Crippen molar-refractivity contribution in [1.82, 2.24) is 16.2 Å². The van der Waals surface area contributed by atoms with Crippen LogP contribution in [0, 0.1) is 12.3 Å². The van der Waals surface area contributed by atoms with Crippen molar-refractivity contribution < 1.29 is 18.4 Å². The lowest BCUT2D eigenvalue weighted by molar-refractivity contribution is 0.0946. The van der Waals surface area contributed by atoms with Gasteiger partial charge in [0.2, 0.25) is 11.9 Å². The summed E-state index contributed by atoms with van der Waals surface area (Å²) in [6, 6.07) is 20.8. The summed E-state index contributed by atoms with van der Waals surface area (Å²) >= 11 is 5.88. The number of benzene rings is 2. The molecule has 0 aliphatic carbocycles. The molecule has 2 aromatic heterocycles. The number of nitrogens with one attached hydrogen (secondary N) is 4. The van der Waals surface area contributed by atoms with Crippen LogP contribution in [-0.4, -0.2) is 23.7 Å². The van der Waals surface area contributed by atoms with E-state index >= 15 is 0 Å². The summed E-state index contributed by atoms with van der Waals surface area (Å²) in [6.07, 6.45) is 0. The summed E-state index contributed by atoms with van der Waals surface area (Å²) in [5.41, 5.74) is 13.0. The van der Waals surface area contributed by atoms with Crippen molar-refractivity contribution >= 4 is 35.3 Å². The van der Waals surface area contributed by atoms with E-state index in [1.54, 1.807) is 36.4 Å². The molecular weight excluding hydrogens is 484 g/mol. The predicted octanol–water partition coefficient (Wildman–Crippen LogP) is 4.08. The molecule has 0 saturated heterocycles. The molecule has 6 N–H and O–H groups in total. The van der Waals surface area contributed by atoms with Crippen molar-refractivity contribution in [3.63, 3.8) is 0 Å². The van der Waals surface area contributed by atoms with Crippen LogP contribution in [0.1, 0.15) is 26.7 Å². The first kappa shape index (κ1) is 24.3. The quantitative estimate of drug-likeness (QED) is 0.159. The topological polar surface area (TPSA) is 159 Å². The summed E-state index contributed by atoms with van der Waals surface area (Å²) in [4.78, 5) is 28.4. The number of furan rings is 2. The number of hydrazine groups is 1. The smallest absolute Gasteiger partial charge is 0.315 e. The van der Waals surface area contributed by atoms with Crippen molar-refractivity contribution in [2.24, 2.45) is 10.7 Å². The van der Waals surface area contributed by atoms with Gasteiger partial charge in [0.1, 0.15) is 11.5 Å². The van der Waals surface area contributed by atoms with E-state index in [0.29, 0.717) is 16.5 Å². The zero-order valence-corrected chi connectivity index (χ0v) is 19.7. The third-order valence-corrected chi connectivity index (χ3v) is 5.21. The highest BCUT2D eigenvalue weighted by Gasteiger charge is 2.15. The molecule has 36 heavy (non-hydrogen) atoms. The van der Waals surface area contributed by atoms with Crippen LogP contribution in [0.3, 0.4) is 0 Å². The minimum Gasteiger partial charge on any atom is -0.451 e. The van der Waals surface area contributed by atoms with Gasteiger partial charge in [-0.2, -0.15) is 4.99 Å². The Morgan fingerprint density at radius 1 is 0.889 bits per heavy atom. The Bertz CT molecular complexity index is 1460. The number of nitrogens with two attached hydrogens (primary N) is 1. The first-order valence-electron chi connectivity index (χ1n) is 10.6. The van der Waals surface area contributed by atoms with Gasteiger partial charge in [-0.05, 0) is 61.0 Å². The maximum absolute atomic E-state index is 12.4. The summed E-state index contributed by atoms with van der Waals surface area (Å²) in [5.74, 6) is -1.19. The van der Waals surface area contributed by atoms with Gasteiger partial charge in [0, 0.05) is 16.1 Å². The number of carbonyl (C=O) groups excluding carboxylic acids is 2. The molecule has 2 amide bonds. The van der Waals surface area contributed by atoms with Gasteiger partial charge in [-0.3, -0.25) is 31.2 Å². The van der Waals surface area contributed by atoms with Crippen LogP contribution in [0.4, 0.5) is 0 Å². The Hall–Kier alpha value is -4.83. The van der Waals surface area contributed by atoms with Crippen molar-refractivity contribution in [2.75, 3.05) is 0 Å². The molecule has 0 fully saturated rings. The Morgan fingerprint density at radius 2 is 1.56 bits per heavy atom. The van der Waals surface area contributed by atoms with Crippen LogP contribution in [0.5, 0.6) is 0 Å². The predicted molar refractivity (Wildman–Crippen MR) is 135 cm³/mol. The lowest BCUT2D eigenvalue weighted by Gasteiger charge is -2.09. The highest BCUT2D eigenvalue weighted by atomic mass is 35.5. The Labute approximate surface area is 210 Å². The normalized spacial score (nSPS) is 11.1. The van der Waals surface area contributed by atoms with Gasteiger partial charge in [-0.25, -0.2) is 0 Å². The average molecular weight is 505 g/mol. The Balaban J connectivity index is 1.30. The number of rotatable bonds is 4. The minimum absolute atomic E-state index is 0.0194. The van der Waals surface area contributed by atoms with Gasteiger partial charge < -0.3 is 14.6 Å². The first-order chi connectivity index (χ1) is 17.3. The fraction of sp³-hybridized carbons (Fsp3) is 0.0400. The fourth-order valence-electron chi connectivity index (χ4n) is 3.20. The number of guanidine groups is 2. The second kappa shape index (κ2) is 10.6. The summed E-state index contributed by atoms with van der Waals surface area (Å²) in [5, 5.41) is 10.7. The molecule has 0 unspecified atom stereocenters. The van der Waals surface area contributed by atoms with Crippen LogP contribution in [0.15, 0.2) is 86.6 Å². The van der Waals surface area contributed by atoms with E-state index in [4.69, 9.17) is 31.6 Å². The molecule has 0 saturated carbocycles. The first-order valence-corrected chi connectivity index (χ1v) is 11.0. The molecule has 182 valence electrons. The molecule has 0 atom stereocenters. The molecule has 2 heterocycles. The van der Waals surface area contributed by atoms with Gasteiger partial charge in [0.25, 0.3) is 5.91 Å². The SMILES string of the molecule is Cc1ccccc1-c1ccc(C(=O)NC(=N)NNC(N)=NC(=O)c2ccc(-c3ccc(Cl)cc3)o2)o1. The maximum atomic E-state index is 12.4. The van der Waals surface area contributed by atoms with Crippen LogP contribution >= 0.6 is 11.6 Å². The van der Waals surface area contributed by atoms with Crippen LogP contribution in [0.2, 0.25) is 5.02 Å². The molecule has 10 nitrogen and oxygen atoms in total. The minimum atomic E-state index is -0.739. The third-order valence-electron chi connectivity index (χ3n) is 4.96. The van der Waals surface area contributed by atoms with E-state index in [2.05, 4.69) is 21.2 Å². The van der Waals surface area contributed by atoms with Crippen LogP contribution in [0.25, 0.3) is 22.6 Å². The molecule has 11 heteroatoms. The summed E-state index contributed by atoms with van der Waals surface area (Å²) in [7, 11) is 0. The third kappa shape index (κ3) is 5.80. The monoisotopic (exact) mass is 504 g/mol. The number of halogens is 1. The zero-order chi connectivity index (χ0) is 25.7. The van der Waals surface area contributed by atoms with Gasteiger partial charge in [0.15, 0.2) is 11.5 Å². The number of amides is 2. The largest absolute Gasteiger partial charge is 0.451 e. The zero-order valence-electron chi connectivity index (χ0n) is 19.0. The lowest BCUT2D eigenvalue weighted by Crippen LogP contribution is -2.51. The molecule has 0 aliphatic heterocycles. The second-order valence-corrected chi connectivity index (χ2v) is 7.97. The van der Waals surface area contributed by atoms with Crippen LogP contribution < -0.4 is 21.9 Å². The fourth-order valence-corrected chi connectivity index (χ4v) is 3.33. The van der Waals surface area contributed by atoms with Crippen molar-refractivity contribution in [2.45, 2.75) is 6.92 Å². The molecular formula is C25H21ClN6O4. The molecule has 0 bridgehead atoms. The number of hydrogen-bond donors (Lipinski definition) is 5. The Morgan fingerprint density at radius 3 is 2.31 bits per heavy atom. The van der Waals surface area contributed by atoms with E-state index in [0.717, 1.165) is 16.7 Å². The highest BCUT2D eigenvalue weighted by Crippen LogP contribution is 2.25. The standard InChI is InChI=1S/C25H21ClN6O4/c1-14-4-2-3-5-17(14)19-11-13-21(36-19)23(34)30-25(28)32-31-24(27)29-22(33)20-12-10-18(35-20)15-6-8-16(26)9-7-15/h2-13H,1H3,(H3,27,29,31,33)(H3,28,30,32,34). The molecule has 4 rings (SSSR count). The molecule has 0 aliphatic rings. The molecule has 0 radical (unpaired) electrons. The number of nitrogens with zero attached hydrogens (tertiary/aromatic N) is 1. The maximum Gasteiger partial charge on any atom is 0.315 e. The summed E-state index contributed by atoms with van der Waals surface area (Å²) in [6.45, 7) is 1.93. The van der Waals surface area contributed by atoms with Gasteiger partial charge in [0.05, 0.1) is 0 Å². The van der Waals surface area contributed by atoms with E-state index < -0.39 is 17.8 Å². The Kier molecular flexibility index (Phi) is 7.17. The van der Waals surface area contributed by atoms with E-state index in [-0.39, 0.29) is 17.5 Å². The lowest BCUT2D eigenvalue weighted by atomic mass is 10.1. The second-order valence-electron chi connectivity index (χ2n) is 7.53. The van der Waals surface area contributed by atoms with Crippen molar-refractivity contribution in [3.8, 4) is 22.6 Å². The van der Waals surface area contributed by atoms with E-state index in [1.807, 2.05) is 31.2 Å². The number of carbonyl (C=O) groups is 2. The van der Waals surface area contributed by atoms with E-state index in [1.165, 1.54) is 12.1 Å². The van der Waals surface area contributed by atoms with Gasteiger partial charge in [-0.15, -0.1) is 0 Å².